The fourth-order valence-electron chi connectivity index (χ4n) is 4.81. The quantitative estimate of drug-likeness (QED) is 0.452. The number of anilines is 1. The molecule has 0 bridgehead atoms. The van der Waals surface area contributed by atoms with Gasteiger partial charge in [-0.25, -0.2) is 19.3 Å². The molecule has 0 radical (unpaired) electrons. The highest BCUT2D eigenvalue weighted by molar-refractivity contribution is 6.31. The number of fused-ring (bicyclic) bond motifs is 1. The first-order valence-electron chi connectivity index (χ1n) is 11.5. The molecule has 5 rings (SSSR count). The second-order valence-corrected chi connectivity index (χ2v) is 9.32. The summed E-state index contributed by atoms with van der Waals surface area (Å²) in [6.07, 6.45) is 9.78. The number of halogens is 2. The zero-order valence-corrected chi connectivity index (χ0v) is 19.0. The number of pyridine rings is 1. The van der Waals surface area contributed by atoms with E-state index in [1.165, 1.54) is 6.20 Å². The van der Waals surface area contributed by atoms with Crippen LogP contribution in [0.2, 0.25) is 5.02 Å². The van der Waals surface area contributed by atoms with Gasteiger partial charge in [-0.2, -0.15) is 0 Å². The van der Waals surface area contributed by atoms with Gasteiger partial charge in [-0.15, -0.1) is 0 Å². The molecular formula is C23H27ClFN7O. The molecule has 4 N–H and O–H groups in total. The van der Waals surface area contributed by atoms with E-state index in [1.807, 2.05) is 0 Å². The molecule has 4 heterocycles. The first kappa shape index (κ1) is 22.0. The summed E-state index contributed by atoms with van der Waals surface area (Å²) in [4.78, 5) is 28.6. The third-order valence-electron chi connectivity index (χ3n) is 6.55. The Labute approximate surface area is 196 Å². The molecule has 2 aliphatic rings. The molecule has 3 aromatic rings. The minimum Gasteiger partial charge on any atom is -0.365 e. The maximum atomic E-state index is 14.6. The molecule has 1 saturated heterocycles. The lowest BCUT2D eigenvalue weighted by Gasteiger charge is -2.32. The largest absolute Gasteiger partial charge is 0.365 e. The number of aromatic nitrogens is 4. The number of hydrogen-bond donors (Lipinski definition) is 4. The average molecular weight is 472 g/mol. The van der Waals surface area contributed by atoms with Crippen LogP contribution in [0.15, 0.2) is 24.7 Å². The molecule has 1 amide bonds. The summed E-state index contributed by atoms with van der Waals surface area (Å²) in [7, 11) is 0. The first-order valence-corrected chi connectivity index (χ1v) is 11.9. The summed E-state index contributed by atoms with van der Waals surface area (Å²) in [6.45, 7) is 1.78. The molecule has 1 saturated carbocycles. The number of rotatable bonds is 5. The Morgan fingerprint density at radius 1 is 1.12 bits per heavy atom. The Kier molecular flexibility index (Phi) is 6.41. The van der Waals surface area contributed by atoms with Gasteiger partial charge in [0.15, 0.2) is 17.5 Å². The van der Waals surface area contributed by atoms with Crippen LogP contribution in [0.5, 0.6) is 0 Å². The number of aromatic amines is 1. The van der Waals surface area contributed by atoms with Gasteiger partial charge in [-0.05, 0) is 57.7 Å². The topological polar surface area (TPSA) is 108 Å². The molecule has 1 aliphatic heterocycles. The van der Waals surface area contributed by atoms with Crippen molar-refractivity contribution in [3.05, 3.63) is 35.5 Å². The first-order chi connectivity index (χ1) is 16.1. The summed E-state index contributed by atoms with van der Waals surface area (Å²) < 4.78 is 14.6. The predicted octanol–water partition coefficient (Wildman–Crippen LogP) is 3.65. The van der Waals surface area contributed by atoms with Crippen LogP contribution < -0.4 is 16.0 Å². The molecule has 10 heteroatoms. The lowest BCUT2D eigenvalue weighted by molar-refractivity contribution is -0.126. The van der Waals surface area contributed by atoms with Crippen molar-refractivity contribution in [2.75, 3.05) is 18.4 Å². The Morgan fingerprint density at radius 3 is 2.79 bits per heavy atom. The van der Waals surface area contributed by atoms with Crippen LogP contribution in [0.1, 0.15) is 38.5 Å². The number of nitrogens with one attached hydrogen (secondary N) is 4. The van der Waals surface area contributed by atoms with E-state index in [0.717, 1.165) is 57.0 Å². The minimum absolute atomic E-state index is 0.0217. The number of amides is 1. The van der Waals surface area contributed by atoms with E-state index in [0.29, 0.717) is 22.1 Å². The van der Waals surface area contributed by atoms with Crippen LogP contribution >= 0.6 is 11.6 Å². The monoisotopic (exact) mass is 471 g/mol. The zero-order valence-electron chi connectivity index (χ0n) is 18.2. The number of H-pyrrole nitrogens is 1. The van der Waals surface area contributed by atoms with Gasteiger partial charge in [0.1, 0.15) is 5.65 Å². The Bertz CT molecular complexity index is 1150. The van der Waals surface area contributed by atoms with E-state index in [-0.39, 0.29) is 29.7 Å². The van der Waals surface area contributed by atoms with Crippen molar-refractivity contribution < 1.29 is 9.18 Å². The summed E-state index contributed by atoms with van der Waals surface area (Å²) in [5, 5.41) is 11.0. The molecule has 1 aliphatic carbocycles. The van der Waals surface area contributed by atoms with Crippen molar-refractivity contribution in [2.45, 2.75) is 50.6 Å². The van der Waals surface area contributed by atoms with Crippen LogP contribution in [0.4, 0.5) is 10.2 Å². The molecule has 3 aromatic heterocycles. The van der Waals surface area contributed by atoms with Crippen LogP contribution in [0.25, 0.3) is 22.4 Å². The Morgan fingerprint density at radius 2 is 1.94 bits per heavy atom. The fraction of sp³-hybridized carbons (Fsp3) is 0.478. The Balaban J connectivity index is 1.28. The van der Waals surface area contributed by atoms with Crippen LogP contribution in [-0.4, -0.2) is 51.0 Å². The van der Waals surface area contributed by atoms with Crippen LogP contribution in [0.3, 0.4) is 0 Å². The fourth-order valence-corrected chi connectivity index (χ4v) is 4.97. The van der Waals surface area contributed by atoms with E-state index in [4.69, 9.17) is 11.6 Å². The van der Waals surface area contributed by atoms with E-state index < -0.39 is 5.82 Å². The second-order valence-electron chi connectivity index (χ2n) is 8.88. The summed E-state index contributed by atoms with van der Waals surface area (Å²) in [6, 6.07) is 1.89. The highest BCUT2D eigenvalue weighted by atomic mass is 35.5. The number of nitrogens with zero attached hydrogens (tertiary/aromatic N) is 3. The molecule has 33 heavy (non-hydrogen) atoms. The van der Waals surface area contributed by atoms with Gasteiger partial charge in [0.2, 0.25) is 5.91 Å². The van der Waals surface area contributed by atoms with Crippen molar-refractivity contribution in [1.29, 1.82) is 0 Å². The third kappa shape index (κ3) is 4.94. The van der Waals surface area contributed by atoms with Crippen molar-refractivity contribution in [2.24, 2.45) is 5.92 Å². The highest BCUT2D eigenvalue weighted by Crippen LogP contribution is 2.29. The lowest BCUT2D eigenvalue weighted by Crippen LogP contribution is -2.46. The molecular weight excluding hydrogens is 445 g/mol. The van der Waals surface area contributed by atoms with E-state index in [2.05, 4.69) is 35.9 Å². The van der Waals surface area contributed by atoms with E-state index >= 15 is 0 Å². The van der Waals surface area contributed by atoms with Gasteiger partial charge >= 0.3 is 0 Å². The molecule has 0 spiro atoms. The molecule has 2 fully saturated rings. The molecule has 2 atom stereocenters. The summed E-state index contributed by atoms with van der Waals surface area (Å²) in [5.41, 5.74) is 1.37. The van der Waals surface area contributed by atoms with E-state index in [9.17, 15) is 9.18 Å². The van der Waals surface area contributed by atoms with Crippen molar-refractivity contribution in [1.82, 2.24) is 30.6 Å². The van der Waals surface area contributed by atoms with Gasteiger partial charge in [-0.1, -0.05) is 11.6 Å². The Hall–Kier alpha value is -2.78. The summed E-state index contributed by atoms with van der Waals surface area (Å²) >= 11 is 6.10. The van der Waals surface area contributed by atoms with Crippen LogP contribution in [-0.2, 0) is 4.79 Å². The molecule has 0 aromatic carbocycles. The molecule has 174 valence electrons. The normalized spacial score (nSPS) is 21.8. The second kappa shape index (κ2) is 9.61. The predicted molar refractivity (Wildman–Crippen MR) is 125 cm³/mol. The standard InChI is InChI=1S/C23H27ClFN7O/c24-14-8-17-18(11-28-20(17)27-10-14)21-29-12-19(25)22(32-21)30-15-2-1-3-16(9-15)31-23(33)13-4-6-26-7-5-13/h8,10-13,15-16,26H,1-7,9H2,(H,27,28)(H,31,33)(H,29,30,32)/t15?,16-/m1/s1. The van der Waals surface area contributed by atoms with Crippen LogP contribution in [0, 0.1) is 11.7 Å². The zero-order chi connectivity index (χ0) is 22.8. The van der Waals surface area contributed by atoms with Gasteiger partial charge in [-0.3, -0.25) is 4.79 Å². The lowest BCUT2D eigenvalue weighted by atomic mass is 9.89. The number of carbonyl (C=O) groups is 1. The number of hydrogen-bond acceptors (Lipinski definition) is 6. The smallest absolute Gasteiger partial charge is 0.223 e. The third-order valence-corrected chi connectivity index (χ3v) is 6.76. The van der Waals surface area contributed by atoms with Gasteiger partial charge < -0.3 is 20.9 Å². The van der Waals surface area contributed by atoms with Crippen molar-refractivity contribution >= 4 is 34.4 Å². The van der Waals surface area contributed by atoms with Crippen molar-refractivity contribution in [3.63, 3.8) is 0 Å². The maximum absolute atomic E-state index is 14.6. The number of piperidine rings is 1. The number of carbonyl (C=O) groups excluding carboxylic acids is 1. The van der Waals surface area contributed by atoms with E-state index in [1.54, 1.807) is 18.5 Å². The van der Waals surface area contributed by atoms with Gasteiger partial charge in [0, 0.05) is 41.3 Å². The SMILES string of the molecule is O=C(N[C@@H]1CCCC(Nc2nc(-c3c[nH]c4ncc(Cl)cc34)ncc2F)C1)C1CCNCC1. The minimum atomic E-state index is -0.504. The molecule has 1 unspecified atom stereocenters. The van der Waals surface area contributed by atoms with Gasteiger partial charge in [0.25, 0.3) is 0 Å². The summed E-state index contributed by atoms with van der Waals surface area (Å²) in [5.74, 6) is 0.279. The maximum Gasteiger partial charge on any atom is 0.223 e. The van der Waals surface area contributed by atoms with Crippen molar-refractivity contribution in [3.8, 4) is 11.4 Å². The van der Waals surface area contributed by atoms with Gasteiger partial charge in [0.05, 0.1) is 11.2 Å². The highest BCUT2D eigenvalue weighted by Gasteiger charge is 2.28. The molecule has 8 nitrogen and oxygen atoms in total. The average Bonchev–Trinajstić information content (AvgIpc) is 3.24.